The summed E-state index contributed by atoms with van der Waals surface area (Å²) in [4.78, 5) is 18.3. The fraction of sp³-hybridized carbons (Fsp3) is 0.370. The van der Waals surface area contributed by atoms with Gasteiger partial charge in [0.2, 0.25) is 0 Å². The molecule has 0 amide bonds. The van der Waals surface area contributed by atoms with E-state index in [1.54, 1.807) is 24.9 Å². The summed E-state index contributed by atoms with van der Waals surface area (Å²) in [5.74, 6) is 0.782. The van der Waals surface area contributed by atoms with Crippen LogP contribution in [0.25, 0.3) is 0 Å². The molecule has 1 aliphatic heterocycles. The lowest BCUT2D eigenvalue weighted by Crippen LogP contribution is -2.49. The molecule has 1 saturated heterocycles. The number of pyridine rings is 1. The highest BCUT2D eigenvalue weighted by molar-refractivity contribution is 5.47. The first-order chi connectivity index (χ1) is 16.5. The summed E-state index contributed by atoms with van der Waals surface area (Å²) in [6, 6.07) is 19.4. The number of piperazine rings is 1. The molecule has 1 N–H and O–H groups in total. The van der Waals surface area contributed by atoms with E-state index in [1.807, 2.05) is 37.3 Å². The van der Waals surface area contributed by atoms with Crippen LogP contribution in [0.5, 0.6) is 11.5 Å². The van der Waals surface area contributed by atoms with Crippen molar-refractivity contribution >= 4 is 5.69 Å². The van der Waals surface area contributed by atoms with E-state index in [0.29, 0.717) is 24.4 Å². The van der Waals surface area contributed by atoms with Crippen molar-refractivity contribution < 1.29 is 14.6 Å². The van der Waals surface area contributed by atoms with Crippen LogP contribution in [0.3, 0.4) is 0 Å². The number of ether oxygens (including phenoxy) is 2. The van der Waals surface area contributed by atoms with Gasteiger partial charge < -0.3 is 24.0 Å². The summed E-state index contributed by atoms with van der Waals surface area (Å²) in [6.07, 6.45) is 0. The summed E-state index contributed by atoms with van der Waals surface area (Å²) < 4.78 is 12.2. The minimum atomic E-state index is -0.370. The highest BCUT2D eigenvalue weighted by Gasteiger charge is 2.31. The molecule has 0 saturated carbocycles. The zero-order valence-corrected chi connectivity index (χ0v) is 20.1. The fourth-order valence-electron chi connectivity index (χ4n) is 4.71. The molecule has 7 nitrogen and oxygen atoms in total. The van der Waals surface area contributed by atoms with Crippen LogP contribution in [0.15, 0.2) is 65.5 Å². The molecule has 0 bridgehead atoms. The first-order valence-electron chi connectivity index (χ1n) is 11.6. The lowest BCUT2D eigenvalue weighted by atomic mass is 9.95. The first-order valence-corrected chi connectivity index (χ1v) is 11.6. The molecule has 0 spiro atoms. The Morgan fingerprint density at radius 2 is 1.65 bits per heavy atom. The number of rotatable bonds is 8. The molecule has 4 rings (SSSR count). The molecule has 1 unspecified atom stereocenters. The van der Waals surface area contributed by atoms with Crippen LogP contribution in [-0.4, -0.2) is 61.6 Å². The van der Waals surface area contributed by atoms with Gasteiger partial charge in [0.15, 0.2) is 0 Å². The Hall–Kier alpha value is -3.29. The maximum absolute atomic E-state index is 13.7. The number of anilines is 1. The van der Waals surface area contributed by atoms with Crippen LogP contribution in [-0.2, 0) is 11.3 Å². The number of aryl methyl sites for hydroxylation is 1. The predicted octanol–water partition coefficient (Wildman–Crippen LogP) is 3.43. The van der Waals surface area contributed by atoms with Gasteiger partial charge >= 0.3 is 0 Å². The third kappa shape index (κ3) is 4.95. The van der Waals surface area contributed by atoms with E-state index in [9.17, 15) is 9.90 Å². The number of nitrogens with zero attached hydrogens (tertiary/aromatic N) is 3. The van der Waals surface area contributed by atoms with Crippen molar-refractivity contribution in [2.45, 2.75) is 19.5 Å². The molecule has 7 heteroatoms. The topological polar surface area (TPSA) is 67.2 Å². The van der Waals surface area contributed by atoms with Crippen molar-refractivity contribution in [3.05, 3.63) is 87.8 Å². The number of hydrogen-bond donors (Lipinski definition) is 1. The van der Waals surface area contributed by atoms with Gasteiger partial charge in [0.1, 0.15) is 11.5 Å². The van der Waals surface area contributed by atoms with Crippen LogP contribution in [0, 0.1) is 6.92 Å². The molecule has 1 fully saturated rings. The second-order valence-corrected chi connectivity index (χ2v) is 8.57. The number of hydrogen-bond acceptors (Lipinski definition) is 6. The third-order valence-electron chi connectivity index (χ3n) is 6.55. The van der Waals surface area contributed by atoms with Crippen molar-refractivity contribution in [3.8, 4) is 11.5 Å². The molecule has 1 atom stereocenters. The third-order valence-corrected chi connectivity index (χ3v) is 6.55. The van der Waals surface area contributed by atoms with Gasteiger partial charge in [-0.3, -0.25) is 9.69 Å². The Kier molecular flexibility index (Phi) is 7.55. The van der Waals surface area contributed by atoms with E-state index >= 15 is 0 Å². The average Bonchev–Trinajstić information content (AvgIpc) is 2.87. The van der Waals surface area contributed by atoms with Crippen molar-refractivity contribution in [3.63, 3.8) is 0 Å². The number of aromatic nitrogens is 1. The van der Waals surface area contributed by atoms with Gasteiger partial charge in [0, 0.05) is 51.2 Å². The molecule has 2 heterocycles. The molecule has 1 aliphatic rings. The Bertz CT molecular complexity index is 1140. The number of para-hydroxylation sites is 1. The molecule has 0 aliphatic carbocycles. The summed E-state index contributed by atoms with van der Waals surface area (Å²) >= 11 is 0. The second-order valence-electron chi connectivity index (χ2n) is 8.57. The first kappa shape index (κ1) is 23.9. The van der Waals surface area contributed by atoms with Crippen LogP contribution in [0.1, 0.15) is 22.9 Å². The van der Waals surface area contributed by atoms with Crippen LogP contribution in [0.4, 0.5) is 5.69 Å². The lowest BCUT2D eigenvalue weighted by molar-refractivity contribution is 0.183. The van der Waals surface area contributed by atoms with E-state index < -0.39 is 0 Å². The zero-order valence-electron chi connectivity index (χ0n) is 20.1. The number of aromatic hydroxyl groups is 1. The van der Waals surface area contributed by atoms with Crippen molar-refractivity contribution in [2.75, 3.05) is 51.9 Å². The Morgan fingerprint density at radius 3 is 2.26 bits per heavy atom. The molecule has 0 radical (unpaired) electrons. The highest BCUT2D eigenvalue weighted by Crippen LogP contribution is 2.34. The summed E-state index contributed by atoms with van der Waals surface area (Å²) in [5, 5.41) is 11.0. The maximum Gasteiger partial charge on any atom is 0.259 e. The monoisotopic (exact) mass is 463 g/mol. The Labute approximate surface area is 200 Å². The molecule has 1 aromatic heterocycles. The van der Waals surface area contributed by atoms with Crippen LogP contribution < -0.4 is 15.2 Å². The Balaban J connectivity index is 1.72. The highest BCUT2D eigenvalue weighted by atomic mass is 16.5. The Morgan fingerprint density at radius 1 is 0.971 bits per heavy atom. The molecular formula is C27H33N3O4. The fourth-order valence-corrected chi connectivity index (χ4v) is 4.71. The van der Waals surface area contributed by atoms with E-state index in [2.05, 4.69) is 34.1 Å². The lowest BCUT2D eigenvalue weighted by Gasteiger charge is -2.40. The maximum atomic E-state index is 13.7. The molecular weight excluding hydrogens is 430 g/mol. The molecule has 3 aromatic rings. The summed E-state index contributed by atoms with van der Waals surface area (Å²) in [7, 11) is 3.25. The number of benzene rings is 2. The van der Waals surface area contributed by atoms with Crippen LogP contribution in [0.2, 0.25) is 0 Å². The van der Waals surface area contributed by atoms with E-state index in [0.717, 1.165) is 37.5 Å². The van der Waals surface area contributed by atoms with E-state index in [4.69, 9.17) is 9.47 Å². The zero-order chi connectivity index (χ0) is 24.1. The normalized spacial score (nSPS) is 15.3. The van der Waals surface area contributed by atoms with Crippen molar-refractivity contribution in [2.24, 2.45) is 0 Å². The van der Waals surface area contributed by atoms with E-state index in [-0.39, 0.29) is 17.4 Å². The molecule has 180 valence electrons. The number of methoxy groups -OCH3 is 2. The summed E-state index contributed by atoms with van der Waals surface area (Å²) in [6.45, 7) is 5.89. The summed E-state index contributed by atoms with van der Waals surface area (Å²) in [5.41, 5.74) is 3.08. The van der Waals surface area contributed by atoms with Gasteiger partial charge in [-0.25, -0.2) is 0 Å². The van der Waals surface area contributed by atoms with Gasteiger partial charge in [-0.2, -0.15) is 0 Å². The largest absolute Gasteiger partial charge is 0.507 e. The standard InChI is InChI=1S/C27H33N3O4/c1-20-19-24(31)25(27(32)30(20)17-18-33-2)26(21-9-11-23(34-3)12-10-21)29-15-13-28(14-16-29)22-7-5-4-6-8-22/h4-12,19,26,31H,13-18H2,1-3H3. The van der Waals surface area contributed by atoms with Crippen molar-refractivity contribution in [1.82, 2.24) is 9.47 Å². The van der Waals surface area contributed by atoms with Crippen molar-refractivity contribution in [1.29, 1.82) is 0 Å². The smallest absolute Gasteiger partial charge is 0.259 e. The second kappa shape index (κ2) is 10.8. The SMILES string of the molecule is COCCn1c(C)cc(O)c(C(c2ccc(OC)cc2)N2CCN(c3ccccc3)CC2)c1=O. The molecule has 2 aromatic carbocycles. The molecule has 34 heavy (non-hydrogen) atoms. The van der Waals surface area contributed by atoms with Crippen LogP contribution >= 0.6 is 0 Å². The quantitative estimate of drug-likeness (QED) is 0.552. The van der Waals surface area contributed by atoms with E-state index in [1.165, 1.54) is 5.69 Å². The minimum absolute atomic E-state index is 0.0301. The van der Waals surface area contributed by atoms with Gasteiger partial charge in [-0.05, 0) is 42.8 Å². The van der Waals surface area contributed by atoms with Gasteiger partial charge in [-0.15, -0.1) is 0 Å². The van der Waals surface area contributed by atoms with Gasteiger partial charge in [0.05, 0.1) is 25.3 Å². The predicted molar refractivity (Wildman–Crippen MR) is 134 cm³/mol. The van der Waals surface area contributed by atoms with Gasteiger partial charge in [-0.1, -0.05) is 30.3 Å². The minimum Gasteiger partial charge on any atom is -0.507 e. The van der Waals surface area contributed by atoms with Gasteiger partial charge in [0.25, 0.3) is 5.56 Å². The average molecular weight is 464 g/mol.